The Morgan fingerprint density at radius 1 is 0.900 bits per heavy atom. The second-order valence-electron chi connectivity index (χ2n) is 5.24. The highest BCUT2D eigenvalue weighted by atomic mass is 16.1. The molecule has 0 aromatic carbocycles. The third kappa shape index (κ3) is 10.7. The maximum Gasteiger partial charge on any atom is 0.169 e. The molecule has 0 aliphatic carbocycles. The summed E-state index contributed by atoms with van der Waals surface area (Å²) in [5, 5.41) is 0. The molecular weight excluding hydrogens is 248 g/mol. The predicted molar refractivity (Wildman–Crippen MR) is 85.7 cm³/mol. The van der Waals surface area contributed by atoms with E-state index in [1.807, 2.05) is 12.2 Å². The van der Waals surface area contributed by atoms with Crippen molar-refractivity contribution in [2.45, 2.75) is 71.6 Å². The van der Waals surface area contributed by atoms with Crippen LogP contribution in [0.25, 0.3) is 0 Å². The van der Waals surface area contributed by atoms with Crippen LogP contribution in [0.1, 0.15) is 71.6 Å². The van der Waals surface area contributed by atoms with Crippen LogP contribution in [-0.2, 0) is 9.59 Å². The zero-order valence-corrected chi connectivity index (χ0v) is 13.1. The van der Waals surface area contributed by atoms with E-state index in [1.54, 1.807) is 12.2 Å². The van der Waals surface area contributed by atoms with Gasteiger partial charge in [-0.3, -0.25) is 4.79 Å². The number of unbranched alkanes of at least 4 members (excludes halogenated alkanes) is 7. The molecule has 114 valence electrons. The fraction of sp³-hybridized carbons (Fsp3) is 0.667. The predicted octanol–water partition coefficient (Wildman–Crippen LogP) is 5.03. The van der Waals surface area contributed by atoms with E-state index in [0.717, 1.165) is 32.0 Å². The summed E-state index contributed by atoms with van der Waals surface area (Å²) < 4.78 is 0. The quantitative estimate of drug-likeness (QED) is 0.156. The Kier molecular flexibility index (Phi) is 13.4. The maximum atomic E-state index is 11.8. The minimum atomic E-state index is -0.594. The summed E-state index contributed by atoms with van der Waals surface area (Å²) in [7, 11) is 0. The van der Waals surface area contributed by atoms with Crippen LogP contribution in [0.3, 0.4) is 0 Å². The molecule has 0 radical (unpaired) electrons. The molecule has 0 aromatic rings. The lowest BCUT2D eigenvalue weighted by molar-refractivity contribution is -0.122. The molecule has 0 aliphatic heterocycles. The summed E-state index contributed by atoms with van der Waals surface area (Å²) in [6.45, 7) is 4.34. The second kappa shape index (κ2) is 14.2. The Morgan fingerprint density at radius 3 is 2.15 bits per heavy atom. The Hall–Kier alpha value is -1.18. The van der Waals surface area contributed by atoms with Gasteiger partial charge in [0.05, 0.1) is 5.92 Å². The van der Waals surface area contributed by atoms with Crippen molar-refractivity contribution >= 4 is 12.1 Å². The number of rotatable bonds is 13. The normalized spacial score (nSPS) is 13.1. The van der Waals surface area contributed by atoms with Gasteiger partial charge < -0.3 is 4.79 Å². The first-order valence-electron chi connectivity index (χ1n) is 8.08. The molecule has 0 N–H and O–H groups in total. The van der Waals surface area contributed by atoms with E-state index >= 15 is 0 Å². The van der Waals surface area contributed by atoms with Gasteiger partial charge in [0.2, 0.25) is 0 Å². The first kappa shape index (κ1) is 18.8. The zero-order valence-electron chi connectivity index (χ0n) is 13.1. The SMILES string of the molecule is CCCCC/C=C\C(C=O)C(=O)/C=C\CCCCCC. The largest absolute Gasteiger partial charge is 0.302 e. The molecule has 0 bridgehead atoms. The summed E-state index contributed by atoms with van der Waals surface area (Å²) in [6.07, 6.45) is 18.1. The van der Waals surface area contributed by atoms with Crippen LogP contribution in [0.2, 0.25) is 0 Å². The first-order chi connectivity index (χ1) is 9.76. The molecule has 0 aromatic heterocycles. The van der Waals surface area contributed by atoms with Crippen LogP contribution in [-0.4, -0.2) is 12.1 Å². The molecule has 2 heteroatoms. The van der Waals surface area contributed by atoms with Crippen molar-refractivity contribution in [3.8, 4) is 0 Å². The van der Waals surface area contributed by atoms with Gasteiger partial charge in [0.15, 0.2) is 5.78 Å². The average molecular weight is 278 g/mol. The molecule has 0 spiro atoms. The molecule has 0 amide bonds. The van der Waals surface area contributed by atoms with Crippen molar-refractivity contribution in [2.75, 3.05) is 0 Å². The monoisotopic (exact) mass is 278 g/mol. The standard InChI is InChI=1S/C18H30O2/c1-3-5-7-9-11-13-15-18(20)17(16-19)14-12-10-8-6-4-2/h12-17H,3-11H2,1-2H3/b14-12-,15-13-. The molecule has 0 aliphatic rings. The molecule has 20 heavy (non-hydrogen) atoms. The molecule has 0 rings (SSSR count). The van der Waals surface area contributed by atoms with E-state index in [0.29, 0.717) is 0 Å². The van der Waals surface area contributed by atoms with E-state index in [-0.39, 0.29) is 5.78 Å². The van der Waals surface area contributed by atoms with Gasteiger partial charge in [-0.05, 0) is 31.8 Å². The lowest BCUT2D eigenvalue weighted by Crippen LogP contribution is -2.10. The van der Waals surface area contributed by atoms with Gasteiger partial charge in [-0.15, -0.1) is 0 Å². The highest BCUT2D eigenvalue weighted by molar-refractivity contribution is 6.02. The second-order valence-corrected chi connectivity index (χ2v) is 5.24. The third-order valence-corrected chi connectivity index (χ3v) is 3.30. The van der Waals surface area contributed by atoms with Gasteiger partial charge in [0.1, 0.15) is 6.29 Å². The van der Waals surface area contributed by atoms with Crippen molar-refractivity contribution < 1.29 is 9.59 Å². The molecule has 2 nitrogen and oxygen atoms in total. The van der Waals surface area contributed by atoms with Gasteiger partial charge >= 0.3 is 0 Å². The van der Waals surface area contributed by atoms with Crippen LogP contribution >= 0.6 is 0 Å². The molecular formula is C18H30O2. The van der Waals surface area contributed by atoms with E-state index < -0.39 is 5.92 Å². The average Bonchev–Trinajstić information content (AvgIpc) is 2.46. The highest BCUT2D eigenvalue weighted by Gasteiger charge is 2.10. The van der Waals surface area contributed by atoms with E-state index in [2.05, 4.69) is 13.8 Å². The number of allylic oxidation sites excluding steroid dienone is 4. The Bertz CT molecular complexity index is 303. The first-order valence-corrected chi connectivity index (χ1v) is 8.08. The minimum absolute atomic E-state index is 0.0952. The summed E-state index contributed by atoms with van der Waals surface area (Å²) in [5.41, 5.74) is 0. The third-order valence-electron chi connectivity index (χ3n) is 3.30. The number of aldehydes is 1. The van der Waals surface area contributed by atoms with E-state index in [4.69, 9.17) is 0 Å². The van der Waals surface area contributed by atoms with Crippen molar-refractivity contribution in [1.82, 2.24) is 0 Å². The molecule has 0 fully saturated rings. The van der Waals surface area contributed by atoms with Crippen molar-refractivity contribution in [1.29, 1.82) is 0 Å². The number of carbonyl (C=O) groups is 2. The van der Waals surface area contributed by atoms with E-state index in [9.17, 15) is 9.59 Å². The number of hydrogen-bond acceptors (Lipinski definition) is 2. The van der Waals surface area contributed by atoms with Gasteiger partial charge in [-0.25, -0.2) is 0 Å². The molecule has 1 unspecified atom stereocenters. The van der Waals surface area contributed by atoms with Crippen LogP contribution in [0.4, 0.5) is 0 Å². The van der Waals surface area contributed by atoms with Crippen LogP contribution in [0.15, 0.2) is 24.3 Å². The molecule has 0 saturated carbocycles. The summed E-state index contributed by atoms with van der Waals surface area (Å²) in [6, 6.07) is 0. The number of hydrogen-bond donors (Lipinski definition) is 0. The number of ketones is 1. The summed E-state index contributed by atoms with van der Waals surface area (Å²) in [4.78, 5) is 22.7. The van der Waals surface area contributed by atoms with Gasteiger partial charge in [0, 0.05) is 0 Å². The van der Waals surface area contributed by atoms with Crippen LogP contribution in [0, 0.1) is 5.92 Å². The lowest BCUT2D eigenvalue weighted by Gasteiger charge is -2.00. The molecule has 0 saturated heterocycles. The zero-order chi connectivity index (χ0) is 15.1. The minimum Gasteiger partial charge on any atom is -0.302 e. The molecule has 0 heterocycles. The summed E-state index contributed by atoms with van der Waals surface area (Å²) in [5.74, 6) is -0.689. The maximum absolute atomic E-state index is 11.8. The Balaban J connectivity index is 3.94. The fourth-order valence-corrected chi connectivity index (χ4v) is 1.96. The van der Waals surface area contributed by atoms with Crippen LogP contribution < -0.4 is 0 Å². The number of carbonyl (C=O) groups excluding carboxylic acids is 2. The van der Waals surface area contributed by atoms with E-state index in [1.165, 1.54) is 32.1 Å². The van der Waals surface area contributed by atoms with Crippen molar-refractivity contribution in [3.63, 3.8) is 0 Å². The smallest absolute Gasteiger partial charge is 0.169 e. The van der Waals surface area contributed by atoms with Crippen molar-refractivity contribution in [3.05, 3.63) is 24.3 Å². The lowest BCUT2D eigenvalue weighted by atomic mass is 10.0. The van der Waals surface area contributed by atoms with Crippen LogP contribution in [0.5, 0.6) is 0 Å². The molecule has 1 atom stereocenters. The Morgan fingerprint density at radius 2 is 1.50 bits per heavy atom. The Labute approximate surface area is 124 Å². The van der Waals surface area contributed by atoms with Gasteiger partial charge in [-0.1, -0.05) is 64.2 Å². The van der Waals surface area contributed by atoms with Gasteiger partial charge in [-0.2, -0.15) is 0 Å². The highest BCUT2D eigenvalue weighted by Crippen LogP contribution is 2.06. The van der Waals surface area contributed by atoms with Gasteiger partial charge in [0.25, 0.3) is 0 Å². The topological polar surface area (TPSA) is 34.1 Å². The fourth-order valence-electron chi connectivity index (χ4n) is 1.96. The van der Waals surface area contributed by atoms with Crippen molar-refractivity contribution in [2.24, 2.45) is 5.92 Å². The summed E-state index contributed by atoms with van der Waals surface area (Å²) >= 11 is 0.